The van der Waals surface area contributed by atoms with Gasteiger partial charge in [-0.05, 0) is 460 Å². The molecule has 0 aromatic heterocycles. The van der Waals surface area contributed by atoms with E-state index in [9.17, 15) is 0 Å². The summed E-state index contributed by atoms with van der Waals surface area (Å²) in [6.45, 7) is 16.0. The smallest absolute Gasteiger partial charge is 0.0714 e. The van der Waals surface area contributed by atoms with E-state index in [1.54, 1.807) is 140 Å². The summed E-state index contributed by atoms with van der Waals surface area (Å²) in [5.41, 5.74) is 3.16. The first kappa shape index (κ1) is 111. The Morgan fingerprint density at radius 1 is 0.222 bits per heavy atom. The van der Waals surface area contributed by atoms with E-state index in [0.29, 0.717) is 36.6 Å². The van der Waals surface area contributed by atoms with Gasteiger partial charge in [0.1, 0.15) is 0 Å². The topological polar surface area (TPSA) is 152 Å². The van der Waals surface area contributed by atoms with Crippen molar-refractivity contribution in [3.63, 3.8) is 0 Å². The summed E-state index contributed by atoms with van der Waals surface area (Å²) in [6.07, 6.45) is 115. The van der Waals surface area contributed by atoms with Gasteiger partial charge in [-0.1, -0.05) is 185 Å². The standard InChI is InChI=1S/C11H13N.2C8H14.6C7H13N.C7H11N.2C7H12O.2C7H12.C6H11NO.2C6H11N.C6H10O.CH4/c1-2-4-10-9(3-1)8-5-6-11(10)12-7-8;1-2-8-5-3-7(1)4-6-8;1-2-7-4-5-8(3-1)6-7;1-2-7-5-6(1)3-4-8-7;1-2-7-3-5-8(4-1)6-7;1-2-6-4-7(3-1)8-5-6;4*1-2-6-4-5-7(3-1)8-6;1-3-7-4-2-6(1)5-8-7;1-2-6-4-5-7(3-1)8-6;1-2-7-4-3-6(1)5-7;1-2-6-4-7(3-1)5-6;1-2-7-3-4-8-6(1)5-7;1-2-6-3-5(1)4-7-6;1-2-6-4-3-5(1)7-6;1-2-6-3-5(1)4-7-6;/h1-4,8,11-12H,5-7H2;2*7-8H,1-6H2;6-8H,1-5H2;7H,1-6H2;4*6-8H,1-5H2;4-8H,1-3H2;2*6-7H,1-5H2;2*6-7H,1-5H2;6H,1-5H2;2*5-7H,1-4H2;5-6H,1-4H2;1H4. The Morgan fingerprint density at radius 3 is 0.986 bits per heavy atom. The Balaban J connectivity index is 0.0000000966. The number of nitrogens with zero attached hydrogens (tertiary/aromatic N) is 2. The molecule has 26 atom stereocenters. The average Bonchev–Trinajstić information content (AvgIpc) is 1.10. The highest BCUT2D eigenvalue weighted by molar-refractivity contribution is 5.38. The number of morpholine rings is 1. The fraction of sp³-hybridized carbons (Fsp3) is 0.938. The van der Waals surface area contributed by atoms with Gasteiger partial charge in [0.25, 0.3) is 0 Å². The maximum absolute atomic E-state index is 5.60. The highest BCUT2D eigenvalue weighted by Gasteiger charge is 2.41. The molecule has 1 aromatic rings. The van der Waals surface area contributed by atoms with E-state index >= 15 is 0 Å². The molecule has 22 saturated heterocycles. The molecule has 15 saturated carbocycles. The van der Waals surface area contributed by atoms with Crippen LogP contribution in [0.3, 0.4) is 0 Å². The van der Waals surface area contributed by atoms with E-state index in [1.807, 2.05) is 0 Å². The number of piperidine rings is 8. The Kier molecular flexibility index (Phi) is 45.3. The first-order chi connectivity index (χ1) is 70.6. The van der Waals surface area contributed by atoms with Crippen LogP contribution in [-0.2, 0) is 18.9 Å². The molecule has 0 radical (unpaired) electrons. The van der Waals surface area contributed by atoms with E-state index in [1.165, 1.54) is 423 Å². The molecule has 9 N–H and O–H groups in total. The molecule has 41 rings (SSSR count). The van der Waals surface area contributed by atoms with Gasteiger partial charge in [0.2, 0.25) is 0 Å². The van der Waals surface area contributed by atoms with Gasteiger partial charge in [-0.2, -0.15) is 0 Å². The lowest BCUT2D eigenvalue weighted by Crippen LogP contribution is -2.38. The van der Waals surface area contributed by atoms with Gasteiger partial charge < -0.3 is 71.7 Å². The quantitative estimate of drug-likeness (QED) is 0.113. The van der Waals surface area contributed by atoms with Gasteiger partial charge in [-0.3, -0.25) is 4.90 Å². The van der Waals surface area contributed by atoms with Crippen LogP contribution in [0.25, 0.3) is 0 Å². The molecule has 26 unspecified atom stereocenters. The summed E-state index contributed by atoms with van der Waals surface area (Å²) in [4.78, 5) is 5.06. The van der Waals surface area contributed by atoms with E-state index < -0.39 is 0 Å². The maximum Gasteiger partial charge on any atom is 0.0714 e. The molecule has 144 heavy (non-hydrogen) atoms. The van der Waals surface area contributed by atoms with Crippen molar-refractivity contribution in [1.29, 1.82) is 0 Å². The molecule has 1 aromatic carbocycles. The van der Waals surface area contributed by atoms with Crippen molar-refractivity contribution >= 4 is 0 Å². The van der Waals surface area contributed by atoms with Crippen LogP contribution in [0.15, 0.2) is 36.4 Å². The van der Waals surface area contributed by atoms with Crippen molar-refractivity contribution in [1.82, 2.24) is 57.7 Å². The van der Waals surface area contributed by atoms with Crippen LogP contribution in [0.1, 0.15) is 499 Å². The molecule has 24 heterocycles. The van der Waals surface area contributed by atoms with Crippen LogP contribution in [0.5, 0.6) is 0 Å². The average molecular weight is 1990 g/mol. The first-order valence-corrected chi connectivity index (χ1v) is 65.1. The Hall–Kier alpha value is -1.64. The Bertz CT molecular complexity index is 2900. The minimum absolute atomic E-state index is 0. The molecule has 24 aliphatic heterocycles. The van der Waals surface area contributed by atoms with Gasteiger partial charge in [0.05, 0.1) is 37.1 Å². The third-order valence-electron chi connectivity index (χ3n) is 44.2. The number of benzene rings is 1. The number of fused-ring (bicyclic) bond motifs is 38. The van der Waals surface area contributed by atoms with Crippen LogP contribution in [-0.4, -0.2) is 204 Å². The van der Waals surface area contributed by atoms with E-state index in [-0.39, 0.29) is 7.43 Å². The molecule has 15 heteroatoms. The Morgan fingerprint density at radius 2 is 0.618 bits per heavy atom. The monoisotopic (exact) mass is 1990 g/mol. The summed E-state index contributed by atoms with van der Waals surface area (Å²) in [6, 6.07) is 21.1. The highest BCUT2D eigenvalue weighted by atomic mass is 16.5. The second kappa shape index (κ2) is 58.9. The number of ether oxygens (including phenoxy) is 4. The van der Waals surface area contributed by atoms with Crippen molar-refractivity contribution < 1.29 is 18.9 Å². The highest BCUT2D eigenvalue weighted by Crippen LogP contribution is 2.49. The zero-order chi connectivity index (χ0) is 96.2. The fourth-order valence-electron chi connectivity index (χ4n) is 35.1. The van der Waals surface area contributed by atoms with Crippen LogP contribution in [0.2, 0.25) is 0 Å². The van der Waals surface area contributed by atoms with Crippen molar-refractivity contribution in [2.75, 3.05) is 85.3 Å². The molecule has 0 amide bonds. The second-order valence-corrected chi connectivity index (χ2v) is 54.9. The van der Waals surface area contributed by atoms with Crippen molar-refractivity contribution in [3.8, 4) is 0 Å². The minimum Gasteiger partial charge on any atom is -0.378 e. The molecule has 37 fully saturated rings. The lowest BCUT2D eigenvalue weighted by molar-refractivity contribution is -0.0615. The summed E-state index contributed by atoms with van der Waals surface area (Å²) in [5, 5.41) is 31.8. The van der Waals surface area contributed by atoms with Crippen molar-refractivity contribution in [2.24, 2.45) is 82.9 Å². The van der Waals surface area contributed by atoms with Crippen LogP contribution in [0, 0.1) is 82.9 Å². The summed E-state index contributed by atoms with van der Waals surface area (Å²) in [7, 11) is 0. The summed E-state index contributed by atoms with van der Waals surface area (Å²) >= 11 is 0. The van der Waals surface area contributed by atoms with Gasteiger partial charge >= 0.3 is 0 Å². The van der Waals surface area contributed by atoms with Gasteiger partial charge in [0.15, 0.2) is 0 Å². The molecular formula is C129H225N11O4. The SMILES string of the molecule is C.C1=CC2CCCC1N2.C1CC2CC(C1)C2.C1CC2CC1CN2.C1CC2CC1CO2.C1CC2CCC(C1)C2.C1CC2CCC(C1)N2.C1CC2CCC(C1)N2.C1CC2CCC(C1)N2.C1CC2CCC(C1)O2.C1CC2CCC(C2)N1.C1CC2CCC1C2.C1CC2CCC1CC2.C1CC2CCC1CO2.C1CC2CCC1N2.C1CC2CCN(C1)C2.C1CC2CNC(C1)C2.C1CN2CCC(C2)O1.c1ccc2c(c1)C1CCC2NC1. The maximum atomic E-state index is 5.60. The van der Waals surface area contributed by atoms with E-state index in [4.69, 9.17) is 18.9 Å². The predicted octanol–water partition coefficient (Wildman–Crippen LogP) is 27.0. The van der Waals surface area contributed by atoms with Crippen molar-refractivity contribution in [3.05, 3.63) is 47.5 Å². The molecule has 0 spiro atoms. The minimum atomic E-state index is 0. The van der Waals surface area contributed by atoms with Gasteiger partial charge in [0, 0.05) is 131 Å². The van der Waals surface area contributed by atoms with E-state index in [2.05, 4.69) is 94.1 Å². The van der Waals surface area contributed by atoms with Crippen LogP contribution >= 0.6 is 0 Å². The van der Waals surface area contributed by atoms with E-state index in [0.717, 1.165) is 170 Å². The molecule has 820 valence electrons. The van der Waals surface area contributed by atoms with Crippen LogP contribution < -0.4 is 47.9 Å². The lowest BCUT2D eigenvalue weighted by atomic mass is 9.65. The summed E-state index contributed by atoms with van der Waals surface area (Å²) < 4.78 is 21.9. The molecule has 16 aliphatic carbocycles. The lowest BCUT2D eigenvalue weighted by Gasteiger charge is -2.40. The Labute approximate surface area is 883 Å². The molecular weight excluding hydrogens is 1770 g/mol. The number of hydrogen-bond acceptors (Lipinski definition) is 15. The number of hydrogen-bond donors (Lipinski definition) is 9. The zero-order valence-corrected chi connectivity index (χ0v) is 91.9. The van der Waals surface area contributed by atoms with Crippen LogP contribution in [0.4, 0.5) is 0 Å². The van der Waals surface area contributed by atoms with Crippen molar-refractivity contribution in [2.45, 2.75) is 597 Å². The molecule has 36 bridgehead atoms. The normalized spacial score (nSPS) is 44.2. The largest absolute Gasteiger partial charge is 0.378 e. The zero-order valence-electron chi connectivity index (χ0n) is 91.9. The molecule has 40 aliphatic rings. The summed E-state index contributed by atoms with van der Waals surface area (Å²) in [5.74, 6) is 16.3. The third kappa shape index (κ3) is 35.4. The van der Waals surface area contributed by atoms with Gasteiger partial charge in [-0.25, -0.2) is 0 Å². The predicted molar refractivity (Wildman–Crippen MR) is 601 cm³/mol. The number of rotatable bonds is 0. The van der Waals surface area contributed by atoms with Gasteiger partial charge in [-0.15, -0.1) is 0 Å². The fourth-order valence-corrected chi connectivity index (χ4v) is 35.1. The number of nitrogens with one attached hydrogen (secondary N) is 9. The second-order valence-electron chi connectivity index (χ2n) is 54.9. The first-order valence-electron chi connectivity index (χ1n) is 65.1. The molecule has 15 nitrogen and oxygen atoms in total. The third-order valence-corrected chi connectivity index (χ3v) is 44.2.